The average molecular weight is 245 g/mol. The van der Waals surface area contributed by atoms with Gasteiger partial charge in [-0.2, -0.15) is 5.26 Å². The number of hydrogen-bond donors (Lipinski definition) is 2. The summed E-state index contributed by atoms with van der Waals surface area (Å²) in [6, 6.07) is 8.93. The van der Waals surface area contributed by atoms with E-state index in [0.29, 0.717) is 17.1 Å². The monoisotopic (exact) mass is 245 g/mol. The van der Waals surface area contributed by atoms with Gasteiger partial charge in [-0.1, -0.05) is 12.1 Å². The van der Waals surface area contributed by atoms with Gasteiger partial charge in [-0.05, 0) is 26.0 Å². The summed E-state index contributed by atoms with van der Waals surface area (Å²) in [7, 11) is 0. The molecule has 3 N–H and O–H groups in total. The molecule has 0 saturated heterocycles. The summed E-state index contributed by atoms with van der Waals surface area (Å²) >= 11 is 0. The lowest BCUT2D eigenvalue weighted by Gasteiger charge is -2.10. The number of nitrogens with two attached hydrogens (primary N) is 1. The molecular weight excluding hydrogens is 230 g/mol. The van der Waals surface area contributed by atoms with Crippen molar-refractivity contribution in [2.75, 3.05) is 17.7 Å². The van der Waals surface area contributed by atoms with Crippen LogP contribution in [0.2, 0.25) is 0 Å². The first kappa shape index (κ1) is 13.6. The average Bonchev–Trinajstić information content (AvgIpc) is 2.33. The molecule has 0 aromatic heterocycles. The van der Waals surface area contributed by atoms with Gasteiger partial charge in [-0.3, -0.25) is 0 Å². The predicted octanol–water partition coefficient (Wildman–Crippen LogP) is 2.04. The summed E-state index contributed by atoms with van der Waals surface area (Å²) in [6.45, 7) is 3.54. The molecule has 0 fully saturated rings. The SMILES string of the molecule is CCOC(=O)/C(C#N)=C(\C)Nc1ccccc1N. The Kier molecular flexibility index (Phi) is 4.76. The standard InChI is InChI=1S/C13H15N3O2/c1-3-18-13(17)10(8-14)9(2)16-12-7-5-4-6-11(12)15/h4-7,16H,3,15H2,1-2H3/b10-9+. The number of allylic oxidation sites excluding steroid dienone is 1. The van der Waals surface area contributed by atoms with Gasteiger partial charge in [-0.15, -0.1) is 0 Å². The molecule has 1 rings (SSSR count). The van der Waals surface area contributed by atoms with Crippen molar-refractivity contribution in [3.05, 3.63) is 35.5 Å². The van der Waals surface area contributed by atoms with Crippen molar-refractivity contribution in [3.8, 4) is 6.07 Å². The van der Waals surface area contributed by atoms with Crippen LogP contribution in [0.1, 0.15) is 13.8 Å². The molecule has 0 atom stereocenters. The van der Waals surface area contributed by atoms with Gasteiger partial charge < -0.3 is 15.8 Å². The zero-order chi connectivity index (χ0) is 13.5. The Morgan fingerprint density at radius 3 is 2.72 bits per heavy atom. The van der Waals surface area contributed by atoms with Crippen molar-refractivity contribution < 1.29 is 9.53 Å². The number of benzene rings is 1. The third-order valence-corrected chi connectivity index (χ3v) is 2.25. The zero-order valence-electron chi connectivity index (χ0n) is 10.4. The molecular formula is C13H15N3O2. The highest BCUT2D eigenvalue weighted by Gasteiger charge is 2.14. The van der Waals surface area contributed by atoms with Crippen molar-refractivity contribution in [2.45, 2.75) is 13.8 Å². The Balaban J connectivity index is 2.98. The number of nitriles is 1. The smallest absolute Gasteiger partial charge is 0.350 e. The second-order valence-corrected chi connectivity index (χ2v) is 3.54. The Morgan fingerprint density at radius 2 is 2.17 bits per heavy atom. The van der Waals surface area contributed by atoms with E-state index in [1.165, 1.54) is 0 Å². The second-order valence-electron chi connectivity index (χ2n) is 3.54. The minimum Gasteiger partial charge on any atom is -0.462 e. The van der Waals surface area contributed by atoms with Gasteiger partial charge in [0.1, 0.15) is 6.07 Å². The number of carbonyl (C=O) groups is 1. The van der Waals surface area contributed by atoms with E-state index in [1.807, 2.05) is 12.1 Å². The zero-order valence-corrected chi connectivity index (χ0v) is 10.4. The molecule has 5 heteroatoms. The largest absolute Gasteiger partial charge is 0.462 e. The van der Waals surface area contributed by atoms with Crippen LogP contribution in [0.4, 0.5) is 11.4 Å². The number of hydrogen-bond acceptors (Lipinski definition) is 5. The number of nitrogens with zero attached hydrogens (tertiary/aromatic N) is 1. The lowest BCUT2D eigenvalue weighted by molar-refractivity contribution is -0.138. The Hall–Kier alpha value is -2.48. The van der Waals surface area contributed by atoms with Gasteiger partial charge in [0.05, 0.1) is 18.0 Å². The molecule has 18 heavy (non-hydrogen) atoms. The first-order valence-electron chi connectivity index (χ1n) is 5.49. The molecule has 0 heterocycles. The Morgan fingerprint density at radius 1 is 1.50 bits per heavy atom. The topological polar surface area (TPSA) is 88.1 Å². The maximum Gasteiger partial charge on any atom is 0.350 e. The molecule has 1 aromatic rings. The van der Waals surface area contributed by atoms with Gasteiger partial charge in [-0.25, -0.2) is 4.79 Å². The van der Waals surface area contributed by atoms with Crippen LogP contribution in [0.25, 0.3) is 0 Å². The van der Waals surface area contributed by atoms with Crippen molar-refractivity contribution in [2.24, 2.45) is 0 Å². The van der Waals surface area contributed by atoms with Gasteiger partial charge in [0.2, 0.25) is 0 Å². The molecule has 0 amide bonds. The van der Waals surface area contributed by atoms with Gasteiger partial charge in [0.15, 0.2) is 5.57 Å². The maximum absolute atomic E-state index is 11.5. The highest BCUT2D eigenvalue weighted by molar-refractivity contribution is 5.94. The third-order valence-electron chi connectivity index (χ3n) is 2.25. The fourth-order valence-corrected chi connectivity index (χ4v) is 1.36. The van der Waals surface area contributed by atoms with Crippen LogP contribution in [0.15, 0.2) is 35.5 Å². The quantitative estimate of drug-likeness (QED) is 0.367. The van der Waals surface area contributed by atoms with Crippen LogP contribution >= 0.6 is 0 Å². The predicted molar refractivity (Wildman–Crippen MR) is 69.4 cm³/mol. The summed E-state index contributed by atoms with van der Waals surface area (Å²) in [5, 5.41) is 11.9. The molecule has 0 aliphatic rings. The van der Waals surface area contributed by atoms with Crippen LogP contribution in [0.3, 0.4) is 0 Å². The molecule has 0 radical (unpaired) electrons. The van der Waals surface area contributed by atoms with E-state index in [0.717, 1.165) is 0 Å². The van der Waals surface area contributed by atoms with Crippen LogP contribution in [-0.4, -0.2) is 12.6 Å². The fourth-order valence-electron chi connectivity index (χ4n) is 1.36. The first-order valence-corrected chi connectivity index (χ1v) is 5.49. The van der Waals surface area contributed by atoms with Gasteiger partial charge in [0.25, 0.3) is 0 Å². The summed E-state index contributed by atoms with van der Waals surface area (Å²) < 4.78 is 4.79. The summed E-state index contributed by atoms with van der Waals surface area (Å²) in [6.07, 6.45) is 0. The summed E-state index contributed by atoms with van der Waals surface area (Å²) in [4.78, 5) is 11.5. The number of para-hydroxylation sites is 2. The lowest BCUT2D eigenvalue weighted by atomic mass is 10.2. The van der Waals surface area contributed by atoms with Gasteiger partial charge >= 0.3 is 5.97 Å². The molecule has 0 bridgehead atoms. The van der Waals surface area contributed by atoms with Crippen LogP contribution in [-0.2, 0) is 9.53 Å². The molecule has 0 spiro atoms. The van der Waals surface area contributed by atoms with Crippen molar-refractivity contribution in [1.29, 1.82) is 5.26 Å². The number of rotatable bonds is 4. The van der Waals surface area contributed by atoms with Gasteiger partial charge in [0, 0.05) is 5.70 Å². The normalized spacial score (nSPS) is 11.2. The minimum absolute atomic E-state index is 0.0555. The van der Waals surface area contributed by atoms with E-state index in [9.17, 15) is 4.79 Å². The highest BCUT2D eigenvalue weighted by atomic mass is 16.5. The van der Waals surface area contributed by atoms with E-state index in [1.54, 1.807) is 32.0 Å². The van der Waals surface area contributed by atoms with E-state index >= 15 is 0 Å². The number of esters is 1. The number of nitrogen functional groups attached to an aromatic ring is 1. The highest BCUT2D eigenvalue weighted by Crippen LogP contribution is 2.20. The second kappa shape index (κ2) is 6.30. The van der Waals surface area contributed by atoms with E-state index in [4.69, 9.17) is 15.7 Å². The van der Waals surface area contributed by atoms with Crippen LogP contribution in [0, 0.1) is 11.3 Å². The molecule has 0 unspecified atom stereocenters. The number of nitrogens with one attached hydrogen (secondary N) is 1. The Labute approximate surface area is 106 Å². The van der Waals surface area contributed by atoms with E-state index < -0.39 is 5.97 Å². The molecule has 94 valence electrons. The minimum atomic E-state index is -0.639. The lowest BCUT2D eigenvalue weighted by Crippen LogP contribution is -2.12. The van der Waals surface area contributed by atoms with Crippen molar-refractivity contribution in [1.82, 2.24) is 0 Å². The number of carbonyl (C=O) groups excluding carboxylic acids is 1. The number of anilines is 2. The summed E-state index contributed by atoms with van der Waals surface area (Å²) in [5.74, 6) is -0.639. The first-order chi connectivity index (χ1) is 8.60. The summed E-state index contributed by atoms with van der Waals surface area (Å²) in [5.41, 5.74) is 7.30. The third kappa shape index (κ3) is 3.25. The van der Waals surface area contributed by atoms with Crippen molar-refractivity contribution >= 4 is 17.3 Å². The molecule has 1 aromatic carbocycles. The van der Waals surface area contributed by atoms with Crippen molar-refractivity contribution in [3.63, 3.8) is 0 Å². The van der Waals surface area contributed by atoms with Crippen LogP contribution in [0.5, 0.6) is 0 Å². The molecule has 0 saturated carbocycles. The maximum atomic E-state index is 11.5. The molecule has 0 aliphatic carbocycles. The van der Waals surface area contributed by atoms with Crippen LogP contribution < -0.4 is 11.1 Å². The van der Waals surface area contributed by atoms with E-state index in [-0.39, 0.29) is 12.2 Å². The molecule has 0 aliphatic heterocycles. The Bertz CT molecular complexity index is 515. The molecule has 5 nitrogen and oxygen atoms in total. The fraction of sp³-hybridized carbons (Fsp3) is 0.231. The number of ether oxygens (including phenoxy) is 1. The van der Waals surface area contributed by atoms with E-state index in [2.05, 4.69) is 5.32 Å².